The number of phenols is 8. The first-order chi connectivity index (χ1) is 42.5. The number of hydrogen-bond donors (Lipinski definition) is 8. The normalized spacial score (nSPS) is 16.5. The molecule has 0 aromatic heterocycles. The summed E-state index contributed by atoms with van der Waals surface area (Å²) in [5.74, 6) is 2.99. The van der Waals surface area contributed by atoms with Crippen molar-refractivity contribution in [2.75, 3.05) is 0 Å². The molecular weight excluding hydrogens is 1100 g/mol. The van der Waals surface area contributed by atoms with Gasteiger partial charge in [-0.3, -0.25) is 0 Å². The second-order valence-electron chi connectivity index (χ2n) is 26.3. The molecule has 0 aliphatic heterocycles. The lowest BCUT2D eigenvalue weighted by molar-refractivity contribution is 0.127. The van der Waals surface area contributed by atoms with Crippen LogP contribution in [-0.2, 0) is 21.7 Å². The van der Waals surface area contributed by atoms with Crippen molar-refractivity contribution in [3.8, 4) is 57.1 Å². The van der Waals surface area contributed by atoms with Gasteiger partial charge in [-0.25, -0.2) is 0 Å². The Hall–Kier alpha value is -9.40. The van der Waals surface area contributed by atoms with E-state index in [-0.39, 0.29) is 33.2 Å². The first-order valence-corrected chi connectivity index (χ1v) is 31.1. The zero-order valence-electron chi connectivity index (χ0n) is 52.3. The standard InChI is InChI=1S/C27H22O2.C21H26O2.C18H20O2.C15H16O2/c1-17-15-19(11-13-25(17)28)27(20-12-14-26(29)18(2)16-20)23-9-5-3-7-21(23)22-8-4-6-10-24(22)27;1-15-12-20(2,3)14-21(13-15,16-4-8-18(22)9-5-16)17-6-10-19(23)11-7-17;19-16-8-4-14(5-9-16)18(12-2-1-3-13-18)15-6-10-17(20)11-7-15;1-15(2,11-3-7-13(16)8-4-11)12-5-9-14(17)10-6-12/h3-16,28-29H,1-2H3;4-11,15,22-23H,12-14H2,1-3H3;4-11,19-20H,1-3,12-13H2;3-10,16-17H,1-2H3. The fourth-order valence-electron chi connectivity index (χ4n) is 14.9. The molecule has 0 spiro atoms. The molecule has 89 heavy (non-hydrogen) atoms. The summed E-state index contributed by atoms with van der Waals surface area (Å²) in [6.45, 7) is 15.1. The van der Waals surface area contributed by atoms with Gasteiger partial charge in [0.15, 0.2) is 0 Å². The summed E-state index contributed by atoms with van der Waals surface area (Å²) in [6.07, 6.45) is 9.38. The largest absolute Gasteiger partial charge is 0.508 e. The zero-order chi connectivity index (χ0) is 63.3. The van der Waals surface area contributed by atoms with E-state index >= 15 is 0 Å². The Morgan fingerprint density at radius 1 is 0.360 bits per heavy atom. The smallest absolute Gasteiger partial charge is 0.118 e. The van der Waals surface area contributed by atoms with Crippen LogP contribution in [0.15, 0.2) is 231 Å². The van der Waals surface area contributed by atoms with E-state index in [1.165, 1.54) is 70.2 Å². The number of aromatic hydroxyl groups is 8. The quantitative estimate of drug-likeness (QED) is 0.0746. The number of fused-ring (bicyclic) bond motifs is 3. The van der Waals surface area contributed by atoms with Crippen LogP contribution in [0.25, 0.3) is 11.1 Å². The maximum atomic E-state index is 10.2. The van der Waals surface area contributed by atoms with Gasteiger partial charge < -0.3 is 40.9 Å². The average Bonchev–Trinajstić information content (AvgIpc) is 1.57. The van der Waals surface area contributed by atoms with Crippen LogP contribution in [0.1, 0.15) is 153 Å². The summed E-state index contributed by atoms with van der Waals surface area (Å²) in [5, 5.41) is 77.3. The van der Waals surface area contributed by atoms with E-state index in [1.54, 1.807) is 84.9 Å². The van der Waals surface area contributed by atoms with Gasteiger partial charge in [-0.1, -0.05) is 199 Å². The maximum absolute atomic E-state index is 10.2. The highest BCUT2D eigenvalue weighted by Gasteiger charge is 2.47. The number of phenolic OH excluding ortho intramolecular Hbond substituents is 8. The Bertz CT molecular complexity index is 3770. The monoisotopic (exact) mass is 1180 g/mol. The molecule has 3 aliphatic rings. The molecule has 0 bridgehead atoms. The van der Waals surface area contributed by atoms with Gasteiger partial charge in [0.2, 0.25) is 0 Å². The van der Waals surface area contributed by atoms with Crippen molar-refractivity contribution in [2.45, 2.75) is 121 Å². The summed E-state index contributed by atoms with van der Waals surface area (Å²) in [5.41, 5.74) is 15.6. The molecule has 10 aromatic rings. The summed E-state index contributed by atoms with van der Waals surface area (Å²) in [7, 11) is 0. The fraction of sp³-hybridized carbons (Fsp3) is 0.259. The Labute approximate surface area is 525 Å². The van der Waals surface area contributed by atoms with Gasteiger partial charge in [0.05, 0.1) is 5.41 Å². The van der Waals surface area contributed by atoms with Gasteiger partial charge in [-0.15, -0.1) is 0 Å². The van der Waals surface area contributed by atoms with Gasteiger partial charge in [-0.2, -0.15) is 0 Å². The highest BCUT2D eigenvalue weighted by Crippen LogP contribution is 2.57. The van der Waals surface area contributed by atoms with Crippen molar-refractivity contribution in [1.82, 2.24) is 0 Å². The third-order valence-electron chi connectivity index (χ3n) is 19.2. The molecule has 0 radical (unpaired) electrons. The van der Waals surface area contributed by atoms with Gasteiger partial charge in [0, 0.05) is 16.2 Å². The summed E-state index contributed by atoms with van der Waals surface area (Å²) < 4.78 is 0. The molecule has 8 heteroatoms. The van der Waals surface area contributed by atoms with Gasteiger partial charge in [0.1, 0.15) is 46.0 Å². The predicted octanol–water partition coefficient (Wildman–Crippen LogP) is 19.1. The van der Waals surface area contributed by atoms with Crippen molar-refractivity contribution >= 4 is 0 Å². The van der Waals surface area contributed by atoms with E-state index in [0.717, 1.165) is 59.1 Å². The number of aryl methyl sites for hydroxylation is 2. The van der Waals surface area contributed by atoms with Gasteiger partial charge in [-0.05, 0) is 220 Å². The molecule has 2 saturated carbocycles. The number of rotatable bonds is 8. The molecule has 1 unspecified atom stereocenters. The molecule has 0 heterocycles. The van der Waals surface area contributed by atoms with Crippen molar-refractivity contribution in [2.24, 2.45) is 11.3 Å². The highest BCUT2D eigenvalue weighted by atomic mass is 16.3. The SMILES string of the molecule is CC(C)(c1ccc(O)cc1)c1ccc(O)cc1.CC1CC(C)(C)CC(c2ccc(O)cc2)(c2ccc(O)cc2)C1.Cc1cc(C2(c3ccc(O)c(C)c3)c3ccccc3-c3ccccc32)ccc1O.Oc1ccc(C2(c3ccc(O)cc3)CCCCC2)cc1. The minimum absolute atomic E-state index is 0.0274. The van der Waals surface area contributed by atoms with Crippen molar-refractivity contribution in [1.29, 1.82) is 0 Å². The Kier molecular flexibility index (Phi) is 18.1. The third kappa shape index (κ3) is 13.0. The van der Waals surface area contributed by atoms with Crippen molar-refractivity contribution < 1.29 is 40.9 Å². The Morgan fingerprint density at radius 3 is 1.01 bits per heavy atom. The van der Waals surface area contributed by atoms with Crippen LogP contribution in [0, 0.1) is 25.2 Å². The van der Waals surface area contributed by atoms with Gasteiger partial charge >= 0.3 is 0 Å². The topological polar surface area (TPSA) is 162 Å². The van der Waals surface area contributed by atoms with Crippen LogP contribution in [0.4, 0.5) is 0 Å². The van der Waals surface area contributed by atoms with Crippen LogP contribution in [0.5, 0.6) is 46.0 Å². The van der Waals surface area contributed by atoms with Gasteiger partial charge in [0.25, 0.3) is 0 Å². The minimum Gasteiger partial charge on any atom is -0.508 e. The molecule has 456 valence electrons. The lowest BCUT2D eigenvalue weighted by Gasteiger charge is -2.48. The van der Waals surface area contributed by atoms with Crippen LogP contribution in [0.3, 0.4) is 0 Å². The minimum atomic E-state index is -0.510. The van der Waals surface area contributed by atoms with Crippen molar-refractivity contribution in [3.05, 3.63) is 297 Å². The molecular formula is C81H84O8. The lowest BCUT2D eigenvalue weighted by atomic mass is 9.55. The molecule has 0 saturated heterocycles. The molecule has 0 amide bonds. The van der Waals surface area contributed by atoms with E-state index < -0.39 is 5.41 Å². The van der Waals surface area contributed by atoms with Crippen LogP contribution in [0.2, 0.25) is 0 Å². The zero-order valence-corrected chi connectivity index (χ0v) is 52.3. The molecule has 2 fully saturated rings. The van der Waals surface area contributed by atoms with E-state index in [9.17, 15) is 40.9 Å². The molecule has 3 aliphatic carbocycles. The average molecular weight is 1190 g/mol. The summed E-state index contributed by atoms with van der Waals surface area (Å²) >= 11 is 0. The molecule has 1 atom stereocenters. The Morgan fingerprint density at radius 2 is 0.674 bits per heavy atom. The van der Waals surface area contributed by atoms with E-state index in [2.05, 4.69) is 120 Å². The number of hydrogen-bond acceptors (Lipinski definition) is 8. The highest BCUT2D eigenvalue weighted by molar-refractivity contribution is 5.86. The second kappa shape index (κ2) is 25.7. The summed E-state index contributed by atoms with van der Waals surface area (Å²) in [4.78, 5) is 0. The molecule has 8 nitrogen and oxygen atoms in total. The Balaban J connectivity index is 0.000000133. The lowest BCUT2D eigenvalue weighted by Crippen LogP contribution is -2.41. The second-order valence-corrected chi connectivity index (χ2v) is 26.3. The third-order valence-corrected chi connectivity index (χ3v) is 19.2. The van der Waals surface area contributed by atoms with E-state index in [0.29, 0.717) is 40.4 Å². The predicted molar refractivity (Wildman–Crippen MR) is 359 cm³/mol. The molecule has 10 aromatic carbocycles. The van der Waals surface area contributed by atoms with Crippen molar-refractivity contribution in [3.63, 3.8) is 0 Å². The maximum Gasteiger partial charge on any atom is 0.118 e. The molecule has 13 rings (SSSR count). The molecule has 8 N–H and O–H groups in total. The van der Waals surface area contributed by atoms with Crippen LogP contribution >= 0.6 is 0 Å². The van der Waals surface area contributed by atoms with Crippen LogP contribution in [-0.4, -0.2) is 40.9 Å². The van der Waals surface area contributed by atoms with E-state index in [1.807, 2.05) is 74.5 Å². The first kappa shape index (κ1) is 62.6. The summed E-state index contributed by atoms with van der Waals surface area (Å²) in [6, 6.07) is 73.8. The number of benzene rings is 10. The fourth-order valence-corrected chi connectivity index (χ4v) is 14.9. The van der Waals surface area contributed by atoms with Crippen LogP contribution < -0.4 is 0 Å². The first-order valence-electron chi connectivity index (χ1n) is 31.1. The van der Waals surface area contributed by atoms with E-state index in [4.69, 9.17) is 0 Å².